The van der Waals surface area contributed by atoms with Crippen LogP contribution in [0.5, 0.6) is 0 Å². The summed E-state index contributed by atoms with van der Waals surface area (Å²) in [6.07, 6.45) is 6.52. The van der Waals surface area contributed by atoms with Crippen molar-refractivity contribution in [3.63, 3.8) is 0 Å². The number of fused-ring (bicyclic) bond motifs is 1. The fourth-order valence-electron chi connectivity index (χ4n) is 4.31. The lowest BCUT2D eigenvalue weighted by Crippen LogP contribution is -2.12. The Morgan fingerprint density at radius 3 is 2.36 bits per heavy atom. The second kappa shape index (κ2) is 7.00. The molecule has 0 radical (unpaired) electrons. The number of hydrogen-bond acceptors (Lipinski definition) is 0. The molecular weight excluding hydrogens is 307 g/mol. The second-order valence-corrected chi connectivity index (χ2v) is 7.40. The van der Waals surface area contributed by atoms with Gasteiger partial charge >= 0.3 is 0 Å². The van der Waals surface area contributed by atoms with Gasteiger partial charge in [-0.15, -0.1) is 0 Å². The van der Waals surface area contributed by atoms with Crippen LogP contribution in [0.1, 0.15) is 50.5 Å². The van der Waals surface area contributed by atoms with E-state index in [0.717, 1.165) is 22.3 Å². The Hall–Kier alpha value is -2.15. The molecule has 0 N–H and O–H groups in total. The highest BCUT2D eigenvalue weighted by molar-refractivity contribution is 5.88. The summed E-state index contributed by atoms with van der Waals surface area (Å²) in [4.78, 5) is 0. The predicted molar refractivity (Wildman–Crippen MR) is 104 cm³/mol. The van der Waals surface area contributed by atoms with Crippen molar-refractivity contribution >= 4 is 10.8 Å². The van der Waals surface area contributed by atoms with Crippen molar-refractivity contribution in [2.24, 2.45) is 5.92 Å². The largest absolute Gasteiger partial charge is 0.206 e. The van der Waals surface area contributed by atoms with Gasteiger partial charge in [-0.1, -0.05) is 74.0 Å². The lowest BCUT2D eigenvalue weighted by molar-refractivity contribution is 0.319. The number of hydrogen-bond donors (Lipinski definition) is 0. The zero-order chi connectivity index (χ0) is 17.2. The van der Waals surface area contributed by atoms with Gasteiger partial charge in [0, 0.05) is 10.9 Å². The molecule has 3 aromatic rings. The molecule has 1 fully saturated rings. The van der Waals surface area contributed by atoms with Crippen LogP contribution in [0.4, 0.5) is 4.39 Å². The van der Waals surface area contributed by atoms with Gasteiger partial charge in [0.05, 0.1) is 0 Å². The van der Waals surface area contributed by atoms with Crippen LogP contribution in [-0.2, 0) is 0 Å². The first-order valence-corrected chi connectivity index (χ1v) is 9.54. The molecule has 1 aliphatic rings. The van der Waals surface area contributed by atoms with E-state index < -0.39 is 0 Å². The Morgan fingerprint density at radius 1 is 0.880 bits per heavy atom. The molecule has 0 nitrogen and oxygen atoms in total. The topological polar surface area (TPSA) is 0 Å². The number of halogens is 1. The first-order chi connectivity index (χ1) is 12.3. The third-order valence-electron chi connectivity index (χ3n) is 5.96. The molecule has 0 heterocycles. The molecule has 0 spiro atoms. The van der Waals surface area contributed by atoms with E-state index in [2.05, 4.69) is 25.1 Å². The number of benzene rings is 3. The fraction of sp³-hybridized carbons (Fsp3) is 0.333. The van der Waals surface area contributed by atoms with E-state index in [0.29, 0.717) is 11.5 Å². The van der Waals surface area contributed by atoms with Crippen molar-refractivity contribution in [1.29, 1.82) is 0 Å². The summed E-state index contributed by atoms with van der Waals surface area (Å²) in [6.45, 7) is 2.30. The van der Waals surface area contributed by atoms with Gasteiger partial charge in [-0.2, -0.15) is 0 Å². The maximum absolute atomic E-state index is 15.0. The summed E-state index contributed by atoms with van der Waals surface area (Å²) < 4.78 is 15.0. The first-order valence-electron chi connectivity index (χ1n) is 9.54. The van der Waals surface area contributed by atoms with Gasteiger partial charge in [0.1, 0.15) is 5.82 Å². The minimum Gasteiger partial charge on any atom is -0.206 e. The van der Waals surface area contributed by atoms with Gasteiger partial charge in [0.2, 0.25) is 0 Å². The summed E-state index contributed by atoms with van der Waals surface area (Å²) in [6, 6.07) is 20.1. The fourth-order valence-corrected chi connectivity index (χ4v) is 4.31. The van der Waals surface area contributed by atoms with Gasteiger partial charge in [0.25, 0.3) is 0 Å². The summed E-state index contributed by atoms with van der Waals surface area (Å²) in [5.41, 5.74) is 3.00. The monoisotopic (exact) mass is 332 g/mol. The van der Waals surface area contributed by atoms with Gasteiger partial charge < -0.3 is 0 Å². The van der Waals surface area contributed by atoms with E-state index in [1.54, 1.807) is 0 Å². The summed E-state index contributed by atoms with van der Waals surface area (Å²) in [5, 5.41) is 1.75. The highest BCUT2D eigenvalue weighted by atomic mass is 19.1. The van der Waals surface area contributed by atoms with Crippen LogP contribution in [0.25, 0.3) is 21.9 Å². The van der Waals surface area contributed by atoms with Crippen LogP contribution in [0.15, 0.2) is 60.7 Å². The molecule has 0 aliphatic heterocycles. The molecule has 0 saturated heterocycles. The lowest BCUT2D eigenvalue weighted by Gasteiger charge is -2.28. The van der Waals surface area contributed by atoms with Crippen molar-refractivity contribution in [2.75, 3.05) is 0 Å². The molecular formula is C24H25F. The summed E-state index contributed by atoms with van der Waals surface area (Å²) in [5.74, 6) is 1.44. The summed E-state index contributed by atoms with van der Waals surface area (Å²) >= 11 is 0. The maximum atomic E-state index is 15.0. The van der Waals surface area contributed by atoms with Crippen molar-refractivity contribution in [3.05, 3.63) is 72.0 Å². The molecule has 0 bridgehead atoms. The van der Waals surface area contributed by atoms with Gasteiger partial charge in [0.15, 0.2) is 0 Å². The highest BCUT2D eigenvalue weighted by Gasteiger charge is 2.21. The van der Waals surface area contributed by atoms with Crippen LogP contribution in [0.2, 0.25) is 0 Å². The Balaban J connectivity index is 1.66. The van der Waals surface area contributed by atoms with Crippen LogP contribution in [0.3, 0.4) is 0 Å². The molecule has 0 atom stereocenters. The molecule has 1 heteroatoms. The zero-order valence-electron chi connectivity index (χ0n) is 14.8. The van der Waals surface area contributed by atoms with Gasteiger partial charge in [-0.05, 0) is 54.0 Å². The molecule has 3 aromatic carbocycles. The Labute approximate surface area is 149 Å². The minimum absolute atomic E-state index is 0.107. The van der Waals surface area contributed by atoms with E-state index in [1.165, 1.54) is 37.7 Å². The van der Waals surface area contributed by atoms with Crippen LogP contribution < -0.4 is 0 Å². The van der Waals surface area contributed by atoms with Crippen molar-refractivity contribution in [2.45, 2.75) is 44.9 Å². The smallest absolute Gasteiger partial charge is 0.138 e. The molecule has 4 rings (SSSR count). The highest BCUT2D eigenvalue weighted by Crippen LogP contribution is 2.38. The third-order valence-corrected chi connectivity index (χ3v) is 5.96. The molecule has 0 aromatic heterocycles. The Bertz CT molecular complexity index is 858. The average Bonchev–Trinajstić information content (AvgIpc) is 2.69. The molecule has 1 aliphatic carbocycles. The van der Waals surface area contributed by atoms with E-state index in [1.807, 2.05) is 42.5 Å². The summed E-state index contributed by atoms with van der Waals surface area (Å²) in [7, 11) is 0. The number of rotatable bonds is 3. The van der Waals surface area contributed by atoms with Crippen LogP contribution >= 0.6 is 0 Å². The van der Waals surface area contributed by atoms with Crippen molar-refractivity contribution in [1.82, 2.24) is 0 Å². The molecule has 0 amide bonds. The lowest BCUT2D eigenvalue weighted by atomic mass is 9.77. The quantitative estimate of drug-likeness (QED) is 0.471. The Kier molecular flexibility index (Phi) is 4.57. The molecule has 128 valence electrons. The molecule has 1 saturated carbocycles. The van der Waals surface area contributed by atoms with Crippen molar-refractivity contribution in [3.8, 4) is 11.1 Å². The predicted octanol–water partition coefficient (Wildman–Crippen LogP) is 7.33. The van der Waals surface area contributed by atoms with E-state index >= 15 is 4.39 Å². The van der Waals surface area contributed by atoms with E-state index in [4.69, 9.17) is 0 Å². The first kappa shape index (κ1) is 16.3. The van der Waals surface area contributed by atoms with Gasteiger partial charge in [-0.25, -0.2) is 4.39 Å². The minimum atomic E-state index is -0.107. The normalized spacial score (nSPS) is 20.7. The third kappa shape index (κ3) is 3.20. The standard InChI is InChI=1S/C24H25F/c1-2-17-8-10-18(11-9-17)20-12-14-23-21(16-20)13-15-22(24(23)25)19-6-4-3-5-7-19/h3-7,12-18H,2,8-11H2,1H3. The van der Waals surface area contributed by atoms with Crippen LogP contribution in [0, 0.1) is 11.7 Å². The average molecular weight is 332 g/mol. The van der Waals surface area contributed by atoms with Crippen molar-refractivity contribution < 1.29 is 4.39 Å². The van der Waals surface area contributed by atoms with E-state index in [-0.39, 0.29) is 5.82 Å². The Morgan fingerprint density at radius 2 is 1.64 bits per heavy atom. The SMILES string of the molecule is CCC1CCC(c2ccc3c(F)c(-c4ccccc4)ccc3c2)CC1. The maximum Gasteiger partial charge on any atom is 0.138 e. The van der Waals surface area contributed by atoms with Crippen LogP contribution in [-0.4, -0.2) is 0 Å². The zero-order valence-corrected chi connectivity index (χ0v) is 14.8. The van der Waals surface area contributed by atoms with E-state index in [9.17, 15) is 0 Å². The second-order valence-electron chi connectivity index (χ2n) is 7.40. The van der Waals surface area contributed by atoms with Gasteiger partial charge in [-0.3, -0.25) is 0 Å². The molecule has 25 heavy (non-hydrogen) atoms. The molecule has 0 unspecified atom stereocenters.